The third-order valence-corrected chi connectivity index (χ3v) is 5.74. The fourth-order valence-electron chi connectivity index (χ4n) is 2.54. The average molecular weight is 314 g/mol. The van der Waals surface area contributed by atoms with Gasteiger partial charge in [0.05, 0.1) is 18.1 Å². The van der Waals surface area contributed by atoms with Crippen LogP contribution >= 0.6 is 0 Å². The molecule has 1 aliphatic heterocycles. The summed E-state index contributed by atoms with van der Waals surface area (Å²) in [6, 6.07) is 3.49. The minimum atomic E-state index is -3.71. The number of nitro benzene ring substituents is 1. The van der Waals surface area contributed by atoms with Gasteiger partial charge in [0, 0.05) is 18.7 Å². The Balaban J connectivity index is 2.46. The van der Waals surface area contributed by atoms with Crippen molar-refractivity contribution in [3.05, 3.63) is 28.3 Å². The molecule has 0 N–H and O–H groups in total. The van der Waals surface area contributed by atoms with Gasteiger partial charge in [-0.15, -0.1) is 0 Å². The van der Waals surface area contributed by atoms with Gasteiger partial charge in [-0.3, -0.25) is 10.1 Å². The molecule has 7 nitrogen and oxygen atoms in total. The minimum absolute atomic E-state index is 0.00183. The highest BCUT2D eigenvalue weighted by Gasteiger charge is 2.33. The smallest absolute Gasteiger partial charge is 0.273 e. The molecule has 21 heavy (non-hydrogen) atoms. The molecule has 116 valence electrons. The lowest BCUT2D eigenvalue weighted by atomic mass is 10.1. The van der Waals surface area contributed by atoms with Crippen LogP contribution in [0.25, 0.3) is 0 Å². The number of benzene rings is 1. The van der Waals surface area contributed by atoms with E-state index in [1.807, 2.05) is 6.92 Å². The molecule has 1 aromatic rings. The standard InChI is InChI=1S/C13H18N2O5S/c1-10-5-3-4-8-14(10)21(18,19)13-7-6-11(15(16)17)9-12(13)20-2/h6-7,9-10H,3-5,8H2,1-2H3. The lowest BCUT2D eigenvalue weighted by Gasteiger charge is -2.32. The van der Waals surface area contributed by atoms with E-state index >= 15 is 0 Å². The summed E-state index contributed by atoms with van der Waals surface area (Å²) in [5.41, 5.74) is -0.197. The number of rotatable bonds is 4. The zero-order valence-corrected chi connectivity index (χ0v) is 12.8. The second kappa shape index (κ2) is 5.98. The number of non-ortho nitro benzene ring substituents is 1. The number of sulfonamides is 1. The molecule has 0 saturated carbocycles. The fourth-order valence-corrected chi connectivity index (χ4v) is 4.38. The van der Waals surface area contributed by atoms with E-state index in [9.17, 15) is 18.5 Å². The second-order valence-electron chi connectivity index (χ2n) is 5.05. The Kier molecular flexibility index (Phi) is 4.48. The van der Waals surface area contributed by atoms with E-state index in [0.29, 0.717) is 6.54 Å². The molecule has 1 saturated heterocycles. The second-order valence-corrected chi connectivity index (χ2v) is 6.91. The van der Waals surface area contributed by atoms with Gasteiger partial charge in [-0.2, -0.15) is 4.31 Å². The molecule has 1 aliphatic rings. The monoisotopic (exact) mass is 314 g/mol. The highest BCUT2D eigenvalue weighted by atomic mass is 32.2. The summed E-state index contributed by atoms with van der Waals surface area (Å²) in [6.45, 7) is 2.33. The number of ether oxygens (including phenoxy) is 1. The number of hydrogen-bond donors (Lipinski definition) is 0. The van der Waals surface area contributed by atoms with E-state index in [1.54, 1.807) is 0 Å². The maximum absolute atomic E-state index is 12.7. The summed E-state index contributed by atoms with van der Waals surface area (Å²) in [7, 11) is -2.41. The minimum Gasteiger partial charge on any atom is -0.495 e. The van der Waals surface area contributed by atoms with E-state index < -0.39 is 14.9 Å². The van der Waals surface area contributed by atoms with E-state index in [-0.39, 0.29) is 22.4 Å². The van der Waals surface area contributed by atoms with Crippen molar-refractivity contribution < 1.29 is 18.1 Å². The van der Waals surface area contributed by atoms with Gasteiger partial charge in [0.1, 0.15) is 10.6 Å². The fraction of sp³-hybridized carbons (Fsp3) is 0.538. The van der Waals surface area contributed by atoms with E-state index in [2.05, 4.69) is 0 Å². The quantitative estimate of drug-likeness (QED) is 0.627. The summed E-state index contributed by atoms with van der Waals surface area (Å²) < 4.78 is 32.0. The summed E-state index contributed by atoms with van der Waals surface area (Å²) in [5, 5.41) is 10.8. The van der Waals surface area contributed by atoms with Crippen LogP contribution in [0.5, 0.6) is 5.75 Å². The first-order valence-electron chi connectivity index (χ1n) is 6.72. The van der Waals surface area contributed by atoms with Crippen LogP contribution in [0, 0.1) is 10.1 Å². The molecular weight excluding hydrogens is 296 g/mol. The Morgan fingerprint density at radius 1 is 1.38 bits per heavy atom. The molecule has 1 heterocycles. The molecule has 1 aromatic carbocycles. The van der Waals surface area contributed by atoms with Crippen LogP contribution in [0.15, 0.2) is 23.1 Å². The van der Waals surface area contributed by atoms with E-state index in [0.717, 1.165) is 25.3 Å². The Morgan fingerprint density at radius 3 is 2.67 bits per heavy atom. The Bertz CT molecular complexity index is 644. The number of hydrogen-bond acceptors (Lipinski definition) is 5. The molecule has 0 aromatic heterocycles. The van der Waals surface area contributed by atoms with Crippen molar-refractivity contribution in [1.82, 2.24) is 4.31 Å². The Morgan fingerprint density at radius 2 is 2.10 bits per heavy atom. The molecule has 1 unspecified atom stereocenters. The molecule has 0 bridgehead atoms. The first-order valence-corrected chi connectivity index (χ1v) is 8.16. The van der Waals surface area contributed by atoms with Crippen LogP contribution in [-0.4, -0.2) is 37.3 Å². The van der Waals surface area contributed by atoms with Gasteiger partial charge in [0.15, 0.2) is 0 Å². The summed E-state index contributed by atoms with van der Waals surface area (Å²) in [4.78, 5) is 10.2. The summed E-state index contributed by atoms with van der Waals surface area (Å²) in [6.07, 6.45) is 2.64. The van der Waals surface area contributed by atoms with Gasteiger partial charge in [0.25, 0.3) is 5.69 Å². The lowest BCUT2D eigenvalue weighted by Crippen LogP contribution is -2.42. The first-order chi connectivity index (χ1) is 9.87. The maximum Gasteiger partial charge on any atom is 0.273 e. The van der Waals surface area contributed by atoms with Gasteiger partial charge in [-0.05, 0) is 25.8 Å². The number of piperidine rings is 1. The molecule has 8 heteroatoms. The van der Waals surface area contributed by atoms with Gasteiger partial charge in [0.2, 0.25) is 10.0 Å². The van der Waals surface area contributed by atoms with Gasteiger partial charge in [-0.1, -0.05) is 6.42 Å². The molecule has 0 aliphatic carbocycles. The predicted molar refractivity (Wildman–Crippen MR) is 76.9 cm³/mol. The highest BCUT2D eigenvalue weighted by molar-refractivity contribution is 7.89. The largest absolute Gasteiger partial charge is 0.495 e. The molecule has 1 fully saturated rings. The van der Waals surface area contributed by atoms with Gasteiger partial charge >= 0.3 is 0 Å². The van der Waals surface area contributed by atoms with Crippen molar-refractivity contribution >= 4 is 15.7 Å². The van der Waals surface area contributed by atoms with E-state index in [4.69, 9.17) is 4.74 Å². The highest BCUT2D eigenvalue weighted by Crippen LogP contribution is 2.33. The van der Waals surface area contributed by atoms with Crippen molar-refractivity contribution in [2.45, 2.75) is 37.1 Å². The zero-order valence-electron chi connectivity index (χ0n) is 12.0. The van der Waals surface area contributed by atoms with Crippen molar-refractivity contribution in [2.75, 3.05) is 13.7 Å². The van der Waals surface area contributed by atoms with Crippen LogP contribution in [-0.2, 0) is 10.0 Å². The molecule has 0 radical (unpaired) electrons. The van der Waals surface area contributed by atoms with Gasteiger partial charge in [-0.25, -0.2) is 8.42 Å². The van der Waals surface area contributed by atoms with Crippen LogP contribution in [0.2, 0.25) is 0 Å². The topological polar surface area (TPSA) is 89.7 Å². The third-order valence-electron chi connectivity index (χ3n) is 3.69. The van der Waals surface area contributed by atoms with Crippen molar-refractivity contribution in [3.8, 4) is 5.75 Å². The van der Waals surface area contributed by atoms with E-state index in [1.165, 1.54) is 23.5 Å². The first kappa shape index (κ1) is 15.7. The van der Waals surface area contributed by atoms with Crippen LogP contribution in [0.3, 0.4) is 0 Å². The SMILES string of the molecule is COc1cc([N+](=O)[O-])ccc1S(=O)(=O)N1CCCCC1C. The van der Waals surface area contributed by atoms with Gasteiger partial charge < -0.3 is 4.74 Å². The van der Waals surface area contributed by atoms with Crippen molar-refractivity contribution in [2.24, 2.45) is 0 Å². The number of nitrogens with zero attached hydrogens (tertiary/aromatic N) is 2. The molecule has 0 amide bonds. The summed E-state index contributed by atoms with van der Waals surface area (Å²) in [5.74, 6) is 0.00183. The summed E-state index contributed by atoms with van der Waals surface area (Å²) >= 11 is 0. The van der Waals surface area contributed by atoms with Crippen molar-refractivity contribution in [3.63, 3.8) is 0 Å². The van der Waals surface area contributed by atoms with Crippen LogP contribution < -0.4 is 4.74 Å². The lowest BCUT2D eigenvalue weighted by molar-refractivity contribution is -0.385. The van der Waals surface area contributed by atoms with Crippen molar-refractivity contribution in [1.29, 1.82) is 0 Å². The molecule has 0 spiro atoms. The number of methoxy groups -OCH3 is 1. The molecule has 2 rings (SSSR count). The average Bonchev–Trinajstić information content (AvgIpc) is 2.46. The number of nitro groups is 1. The zero-order chi connectivity index (χ0) is 15.6. The Hall–Kier alpha value is -1.67. The Labute approximate surface area is 123 Å². The third kappa shape index (κ3) is 3.01. The maximum atomic E-state index is 12.7. The molecular formula is C13H18N2O5S. The molecule has 1 atom stereocenters. The normalized spacial score (nSPS) is 20.2. The van der Waals surface area contributed by atoms with Crippen LogP contribution in [0.4, 0.5) is 5.69 Å². The van der Waals surface area contributed by atoms with Crippen LogP contribution in [0.1, 0.15) is 26.2 Å². The predicted octanol–water partition coefficient (Wildman–Crippen LogP) is 2.17.